The number of carbonyl (C=O) groups excluding carboxylic acids is 1. The van der Waals surface area contributed by atoms with Crippen LogP contribution < -0.4 is 0 Å². The lowest BCUT2D eigenvalue weighted by Gasteiger charge is -2.49. The zero-order valence-electron chi connectivity index (χ0n) is 15.0. The van der Waals surface area contributed by atoms with E-state index in [1.165, 1.54) is 5.56 Å². The molecule has 1 aromatic rings. The fourth-order valence-electron chi connectivity index (χ4n) is 4.16. The lowest BCUT2D eigenvalue weighted by molar-refractivity contribution is -0.114. The van der Waals surface area contributed by atoms with Crippen LogP contribution in [0.4, 0.5) is 0 Å². The minimum Gasteiger partial charge on any atom is -0.290 e. The molecule has 0 N–H and O–H groups in total. The first-order valence-corrected chi connectivity index (χ1v) is 9.50. The summed E-state index contributed by atoms with van der Waals surface area (Å²) in [6, 6.07) is 11.8. The van der Waals surface area contributed by atoms with Gasteiger partial charge in [-0.05, 0) is 37.4 Å². The second kappa shape index (κ2) is 8.31. The van der Waals surface area contributed by atoms with E-state index in [1.54, 1.807) is 0 Å². The van der Waals surface area contributed by atoms with E-state index < -0.39 is 0 Å². The predicted octanol–water partition coefficient (Wildman–Crippen LogP) is 4.02. The van der Waals surface area contributed by atoms with E-state index in [2.05, 4.69) is 78.3 Å². The monoisotopic (exact) mass is 358 g/mol. The number of halogens is 1. The third kappa shape index (κ3) is 4.41. The summed E-state index contributed by atoms with van der Waals surface area (Å²) in [5, 5.41) is -0.271. The zero-order valence-corrected chi connectivity index (χ0v) is 15.8. The summed E-state index contributed by atoms with van der Waals surface area (Å²) >= 11 is 5.63. The Bertz CT molecular complexity index is 643. The summed E-state index contributed by atoms with van der Waals surface area (Å²) in [4.78, 5) is 16.2. The van der Waals surface area contributed by atoms with Crippen molar-refractivity contribution in [3.63, 3.8) is 0 Å². The lowest BCUT2D eigenvalue weighted by Crippen LogP contribution is -2.58. The van der Waals surface area contributed by atoms with E-state index in [1.807, 2.05) is 0 Å². The molecule has 1 aromatic carbocycles. The topological polar surface area (TPSA) is 23.6 Å². The first-order chi connectivity index (χ1) is 12.1. The Hall–Kier alpha value is -1.42. The fraction of sp³-hybridized carbons (Fsp3) is 0.476. The van der Waals surface area contributed by atoms with Gasteiger partial charge in [0, 0.05) is 37.1 Å². The highest BCUT2D eigenvalue weighted by atomic mass is 35.5. The van der Waals surface area contributed by atoms with Gasteiger partial charge in [0.15, 0.2) is 0 Å². The Morgan fingerprint density at radius 2 is 1.92 bits per heavy atom. The van der Waals surface area contributed by atoms with Crippen molar-refractivity contribution < 1.29 is 4.79 Å². The molecular formula is C21H27ClN2O. The second-order valence-corrected chi connectivity index (χ2v) is 7.67. The summed E-state index contributed by atoms with van der Waals surface area (Å²) in [6.07, 6.45) is 9.97. The van der Waals surface area contributed by atoms with Crippen molar-refractivity contribution in [2.75, 3.05) is 19.6 Å². The largest absolute Gasteiger partial charge is 0.290 e. The molecule has 0 radical (unpaired) electrons. The van der Waals surface area contributed by atoms with Gasteiger partial charge in [-0.3, -0.25) is 14.6 Å². The minimum atomic E-state index is -0.271. The van der Waals surface area contributed by atoms with Crippen LogP contribution in [-0.4, -0.2) is 46.8 Å². The molecule has 2 unspecified atom stereocenters. The van der Waals surface area contributed by atoms with Crippen LogP contribution in [0.3, 0.4) is 0 Å². The van der Waals surface area contributed by atoms with Gasteiger partial charge in [-0.15, -0.1) is 0 Å². The third-order valence-electron chi connectivity index (χ3n) is 5.41. The van der Waals surface area contributed by atoms with Gasteiger partial charge in [-0.1, -0.05) is 54.6 Å². The highest BCUT2D eigenvalue weighted by Crippen LogP contribution is 2.36. The molecule has 4 atom stereocenters. The van der Waals surface area contributed by atoms with Gasteiger partial charge in [-0.25, -0.2) is 0 Å². The average Bonchev–Trinajstić information content (AvgIpc) is 2.61. The summed E-state index contributed by atoms with van der Waals surface area (Å²) in [7, 11) is 0. The van der Waals surface area contributed by atoms with E-state index in [4.69, 9.17) is 11.6 Å². The molecule has 0 aromatic heterocycles. The van der Waals surface area contributed by atoms with Gasteiger partial charge in [-0.2, -0.15) is 0 Å². The number of rotatable bonds is 5. The molecule has 3 rings (SSSR count). The Morgan fingerprint density at radius 1 is 1.16 bits per heavy atom. The normalized spacial score (nSPS) is 28.8. The van der Waals surface area contributed by atoms with E-state index in [0.29, 0.717) is 30.6 Å². The molecule has 25 heavy (non-hydrogen) atoms. The summed E-state index contributed by atoms with van der Waals surface area (Å²) in [5.74, 6) is 0.475. The average molecular weight is 359 g/mol. The highest BCUT2D eigenvalue weighted by Gasteiger charge is 2.37. The quantitative estimate of drug-likeness (QED) is 0.743. The summed E-state index contributed by atoms with van der Waals surface area (Å²) in [6.45, 7) is 6.60. The molecule has 1 aliphatic carbocycles. The van der Waals surface area contributed by atoms with Gasteiger partial charge in [0.2, 0.25) is 5.24 Å². The molecule has 0 amide bonds. The maximum Gasteiger partial charge on any atom is 0.235 e. The van der Waals surface area contributed by atoms with Crippen molar-refractivity contribution in [2.45, 2.75) is 38.4 Å². The van der Waals surface area contributed by atoms with Crippen LogP contribution in [-0.2, 0) is 4.79 Å². The Kier molecular flexibility index (Phi) is 6.10. The Morgan fingerprint density at radius 3 is 2.56 bits per heavy atom. The van der Waals surface area contributed by atoms with Gasteiger partial charge in [0.1, 0.15) is 0 Å². The van der Waals surface area contributed by atoms with Gasteiger partial charge < -0.3 is 0 Å². The van der Waals surface area contributed by atoms with Crippen LogP contribution in [0.15, 0.2) is 54.6 Å². The SMILES string of the molecule is C[C@@H]1CN(C(c2ccccc2)C2C=CC=CC2)[C@@H](C)CN1CC(=O)Cl. The maximum atomic E-state index is 11.3. The molecule has 134 valence electrons. The maximum absolute atomic E-state index is 11.3. The van der Waals surface area contributed by atoms with E-state index >= 15 is 0 Å². The zero-order chi connectivity index (χ0) is 17.8. The number of piperazine rings is 1. The van der Waals surface area contributed by atoms with Crippen molar-refractivity contribution >= 4 is 16.8 Å². The first-order valence-electron chi connectivity index (χ1n) is 9.12. The van der Waals surface area contributed by atoms with E-state index in [-0.39, 0.29) is 5.24 Å². The van der Waals surface area contributed by atoms with E-state index in [9.17, 15) is 4.79 Å². The highest BCUT2D eigenvalue weighted by molar-refractivity contribution is 6.64. The number of benzene rings is 1. The number of nitrogens with zero attached hydrogens (tertiary/aromatic N) is 2. The van der Waals surface area contributed by atoms with Gasteiger partial charge in [0.25, 0.3) is 0 Å². The van der Waals surface area contributed by atoms with Crippen LogP contribution in [0.1, 0.15) is 31.9 Å². The third-order valence-corrected chi connectivity index (χ3v) is 5.53. The van der Waals surface area contributed by atoms with Crippen molar-refractivity contribution in [3.05, 3.63) is 60.2 Å². The molecular weight excluding hydrogens is 332 g/mol. The molecule has 4 heteroatoms. The Balaban J connectivity index is 1.85. The molecule has 2 aliphatic rings. The van der Waals surface area contributed by atoms with Crippen LogP contribution in [0.5, 0.6) is 0 Å². The molecule has 1 heterocycles. The molecule has 0 saturated carbocycles. The number of carbonyl (C=O) groups is 1. The number of hydrogen-bond donors (Lipinski definition) is 0. The smallest absolute Gasteiger partial charge is 0.235 e. The minimum absolute atomic E-state index is 0.271. The van der Waals surface area contributed by atoms with Crippen LogP contribution in [0.2, 0.25) is 0 Å². The van der Waals surface area contributed by atoms with Crippen LogP contribution in [0.25, 0.3) is 0 Å². The van der Waals surface area contributed by atoms with Gasteiger partial charge in [0.05, 0.1) is 6.54 Å². The lowest BCUT2D eigenvalue weighted by atomic mass is 9.85. The molecule has 1 saturated heterocycles. The van der Waals surface area contributed by atoms with Crippen molar-refractivity contribution in [2.24, 2.45) is 5.92 Å². The van der Waals surface area contributed by atoms with Crippen LogP contribution >= 0.6 is 11.6 Å². The number of allylic oxidation sites excluding steroid dienone is 3. The number of hydrogen-bond acceptors (Lipinski definition) is 3. The van der Waals surface area contributed by atoms with Crippen LogP contribution in [0, 0.1) is 5.92 Å². The van der Waals surface area contributed by atoms with Gasteiger partial charge >= 0.3 is 0 Å². The molecule has 0 spiro atoms. The van der Waals surface area contributed by atoms with Crippen molar-refractivity contribution in [3.8, 4) is 0 Å². The molecule has 1 aliphatic heterocycles. The second-order valence-electron chi connectivity index (χ2n) is 7.25. The standard InChI is InChI=1S/C21H27ClN2O/c1-16-14-24(17(2)13-23(16)15-20(22)25)21(18-9-5-3-6-10-18)19-11-7-4-8-12-19/h3-11,16-17,19,21H,12-15H2,1-2H3/t16-,17+,19?,21?/m1/s1. The van der Waals surface area contributed by atoms with Crippen molar-refractivity contribution in [1.82, 2.24) is 9.80 Å². The first kappa shape index (κ1) is 18.4. The molecule has 1 fully saturated rings. The van der Waals surface area contributed by atoms with Crippen molar-refractivity contribution in [1.29, 1.82) is 0 Å². The summed E-state index contributed by atoms with van der Waals surface area (Å²) < 4.78 is 0. The summed E-state index contributed by atoms with van der Waals surface area (Å²) in [5.41, 5.74) is 1.37. The predicted molar refractivity (Wildman–Crippen MR) is 104 cm³/mol. The van der Waals surface area contributed by atoms with E-state index in [0.717, 1.165) is 19.5 Å². The molecule has 0 bridgehead atoms. The molecule has 3 nitrogen and oxygen atoms in total. The fourth-order valence-corrected chi connectivity index (χ4v) is 4.31. The Labute approximate surface area is 155 Å².